The summed E-state index contributed by atoms with van der Waals surface area (Å²) < 4.78 is 11.9. The van der Waals surface area contributed by atoms with Crippen molar-refractivity contribution in [1.29, 1.82) is 0 Å². The van der Waals surface area contributed by atoms with Crippen LogP contribution in [0.2, 0.25) is 0 Å². The van der Waals surface area contributed by atoms with Gasteiger partial charge in [0.2, 0.25) is 0 Å². The number of nitrogens with one attached hydrogen (secondary N) is 1. The van der Waals surface area contributed by atoms with E-state index in [9.17, 15) is 0 Å². The van der Waals surface area contributed by atoms with Gasteiger partial charge in [0.15, 0.2) is 0 Å². The minimum Gasteiger partial charge on any atom is -0.380 e. The predicted molar refractivity (Wildman–Crippen MR) is 86.5 cm³/mol. The normalized spacial score (nSPS) is 29.2. The highest BCUT2D eigenvalue weighted by Crippen LogP contribution is 2.41. The van der Waals surface area contributed by atoms with Gasteiger partial charge in [0.1, 0.15) is 0 Å². The zero-order valence-corrected chi connectivity index (χ0v) is 14.1. The Morgan fingerprint density at radius 2 is 2.15 bits per heavy atom. The standard InChI is InChI=1S/C16H31NO2S/c1-4-8-17-15(13(2)18-3)14-5-9-19-16(12-14)6-10-20-11-7-16/h13-15,17H,4-12H2,1-3H3. The van der Waals surface area contributed by atoms with Crippen LogP contribution in [0.25, 0.3) is 0 Å². The van der Waals surface area contributed by atoms with Crippen LogP contribution < -0.4 is 5.32 Å². The van der Waals surface area contributed by atoms with Crippen molar-refractivity contribution in [2.24, 2.45) is 5.92 Å². The molecule has 0 radical (unpaired) electrons. The molecular formula is C16H31NO2S. The summed E-state index contributed by atoms with van der Waals surface area (Å²) in [7, 11) is 1.83. The van der Waals surface area contributed by atoms with Gasteiger partial charge < -0.3 is 14.8 Å². The van der Waals surface area contributed by atoms with Crippen molar-refractivity contribution < 1.29 is 9.47 Å². The van der Waals surface area contributed by atoms with Crippen molar-refractivity contribution in [3.63, 3.8) is 0 Å². The van der Waals surface area contributed by atoms with Crippen molar-refractivity contribution in [1.82, 2.24) is 5.32 Å². The van der Waals surface area contributed by atoms with Crippen LogP contribution in [0.5, 0.6) is 0 Å². The van der Waals surface area contributed by atoms with E-state index >= 15 is 0 Å². The van der Waals surface area contributed by atoms with Crippen molar-refractivity contribution in [2.75, 3.05) is 31.8 Å². The van der Waals surface area contributed by atoms with Gasteiger partial charge in [0.25, 0.3) is 0 Å². The van der Waals surface area contributed by atoms with Crippen LogP contribution >= 0.6 is 11.8 Å². The van der Waals surface area contributed by atoms with Crippen molar-refractivity contribution >= 4 is 11.8 Å². The smallest absolute Gasteiger partial charge is 0.0701 e. The molecule has 1 N–H and O–H groups in total. The van der Waals surface area contributed by atoms with E-state index in [0.29, 0.717) is 12.0 Å². The van der Waals surface area contributed by atoms with E-state index in [1.165, 1.54) is 43.6 Å². The van der Waals surface area contributed by atoms with E-state index in [1.807, 2.05) is 7.11 Å². The first-order chi connectivity index (χ1) is 9.71. The summed E-state index contributed by atoms with van der Waals surface area (Å²) in [4.78, 5) is 0. The van der Waals surface area contributed by atoms with Gasteiger partial charge in [0.05, 0.1) is 11.7 Å². The van der Waals surface area contributed by atoms with E-state index in [-0.39, 0.29) is 11.7 Å². The van der Waals surface area contributed by atoms with Gasteiger partial charge in [-0.25, -0.2) is 0 Å². The second kappa shape index (κ2) is 8.02. The maximum absolute atomic E-state index is 6.22. The van der Waals surface area contributed by atoms with Gasteiger partial charge in [0, 0.05) is 19.8 Å². The topological polar surface area (TPSA) is 30.5 Å². The third-order valence-corrected chi connectivity index (χ3v) is 5.94. The second-order valence-corrected chi connectivity index (χ2v) is 7.54. The minimum atomic E-state index is 0.174. The first-order valence-electron chi connectivity index (χ1n) is 8.18. The number of methoxy groups -OCH3 is 1. The van der Waals surface area contributed by atoms with Gasteiger partial charge in [-0.2, -0.15) is 11.8 Å². The Labute approximate surface area is 128 Å². The maximum atomic E-state index is 6.22. The number of hydrogen-bond donors (Lipinski definition) is 1. The SMILES string of the molecule is CCCNC(C1CCOC2(CCSCC2)C1)C(C)OC. The number of ether oxygens (including phenoxy) is 2. The average Bonchev–Trinajstić information content (AvgIpc) is 2.48. The molecule has 0 amide bonds. The zero-order valence-electron chi connectivity index (χ0n) is 13.3. The zero-order chi connectivity index (χ0) is 14.4. The molecule has 2 heterocycles. The lowest BCUT2D eigenvalue weighted by Gasteiger charge is -2.46. The highest BCUT2D eigenvalue weighted by molar-refractivity contribution is 7.99. The Bertz CT molecular complexity index is 276. The Morgan fingerprint density at radius 3 is 2.80 bits per heavy atom. The van der Waals surface area contributed by atoms with Gasteiger partial charge in [-0.3, -0.25) is 0 Å². The molecule has 0 bridgehead atoms. The lowest BCUT2D eigenvalue weighted by molar-refractivity contribution is -0.114. The third-order valence-electron chi connectivity index (χ3n) is 4.95. The summed E-state index contributed by atoms with van der Waals surface area (Å²) in [5, 5.41) is 3.73. The molecule has 0 saturated carbocycles. The molecule has 0 aromatic carbocycles. The van der Waals surface area contributed by atoms with Crippen LogP contribution in [0.1, 0.15) is 46.0 Å². The fourth-order valence-corrected chi connectivity index (χ4v) is 4.87. The fraction of sp³-hybridized carbons (Fsp3) is 1.00. The van der Waals surface area contributed by atoms with Gasteiger partial charge in [-0.05, 0) is 63.0 Å². The molecule has 2 aliphatic rings. The molecule has 2 fully saturated rings. The first kappa shape index (κ1) is 16.6. The highest BCUT2D eigenvalue weighted by Gasteiger charge is 2.41. The summed E-state index contributed by atoms with van der Waals surface area (Å²) in [6.45, 7) is 6.44. The third kappa shape index (κ3) is 4.12. The van der Waals surface area contributed by atoms with Crippen molar-refractivity contribution in [3.05, 3.63) is 0 Å². The quantitative estimate of drug-likeness (QED) is 0.817. The van der Waals surface area contributed by atoms with E-state index in [4.69, 9.17) is 9.47 Å². The van der Waals surface area contributed by atoms with E-state index < -0.39 is 0 Å². The molecule has 4 heteroatoms. The number of thioether (sulfide) groups is 1. The molecule has 1 spiro atoms. The predicted octanol–water partition coefficient (Wildman–Crippen LogP) is 3.08. The van der Waals surface area contributed by atoms with Gasteiger partial charge in [-0.1, -0.05) is 6.92 Å². The molecule has 0 aromatic heterocycles. The molecule has 2 aliphatic heterocycles. The Morgan fingerprint density at radius 1 is 1.40 bits per heavy atom. The molecule has 0 aromatic rings. The van der Waals surface area contributed by atoms with Crippen molar-refractivity contribution in [2.45, 2.75) is 63.7 Å². The lowest BCUT2D eigenvalue weighted by Crippen LogP contribution is -2.52. The fourth-order valence-electron chi connectivity index (χ4n) is 3.64. The molecule has 2 rings (SSSR count). The average molecular weight is 301 g/mol. The summed E-state index contributed by atoms with van der Waals surface area (Å²) in [6.07, 6.45) is 6.30. The molecule has 118 valence electrons. The molecule has 3 nitrogen and oxygen atoms in total. The Balaban J connectivity index is 1.99. The van der Waals surface area contributed by atoms with E-state index in [0.717, 1.165) is 13.2 Å². The van der Waals surface area contributed by atoms with E-state index in [1.54, 1.807) is 0 Å². The minimum absolute atomic E-state index is 0.174. The second-order valence-electron chi connectivity index (χ2n) is 6.32. The van der Waals surface area contributed by atoms with Crippen molar-refractivity contribution in [3.8, 4) is 0 Å². The van der Waals surface area contributed by atoms with Crippen LogP contribution in [-0.4, -0.2) is 49.5 Å². The summed E-state index contributed by atoms with van der Waals surface area (Å²) in [5.41, 5.74) is 0.174. The highest BCUT2D eigenvalue weighted by atomic mass is 32.2. The molecule has 3 unspecified atom stereocenters. The molecule has 0 aliphatic carbocycles. The van der Waals surface area contributed by atoms with Crippen LogP contribution in [-0.2, 0) is 9.47 Å². The van der Waals surface area contributed by atoms with Crippen LogP contribution in [0.3, 0.4) is 0 Å². The largest absolute Gasteiger partial charge is 0.380 e. The summed E-state index contributed by atoms with van der Waals surface area (Å²) in [5.74, 6) is 3.22. The summed E-state index contributed by atoms with van der Waals surface area (Å²) >= 11 is 2.08. The van der Waals surface area contributed by atoms with Crippen LogP contribution in [0.4, 0.5) is 0 Å². The Kier molecular flexibility index (Phi) is 6.66. The van der Waals surface area contributed by atoms with E-state index in [2.05, 4.69) is 30.9 Å². The lowest BCUT2D eigenvalue weighted by atomic mass is 9.77. The Hall–Kier alpha value is 0.230. The van der Waals surface area contributed by atoms with Gasteiger partial charge >= 0.3 is 0 Å². The molecule has 3 atom stereocenters. The first-order valence-corrected chi connectivity index (χ1v) is 9.34. The monoisotopic (exact) mass is 301 g/mol. The van der Waals surface area contributed by atoms with Crippen LogP contribution in [0, 0.1) is 5.92 Å². The molecule has 2 saturated heterocycles. The maximum Gasteiger partial charge on any atom is 0.0701 e. The number of rotatable bonds is 6. The number of hydrogen-bond acceptors (Lipinski definition) is 4. The van der Waals surface area contributed by atoms with Crippen LogP contribution in [0.15, 0.2) is 0 Å². The molecular weight excluding hydrogens is 270 g/mol. The molecule has 20 heavy (non-hydrogen) atoms. The summed E-state index contributed by atoms with van der Waals surface area (Å²) in [6, 6.07) is 0.468. The van der Waals surface area contributed by atoms with Gasteiger partial charge in [-0.15, -0.1) is 0 Å².